The summed E-state index contributed by atoms with van der Waals surface area (Å²) in [6.45, 7) is 2.78. The molecule has 2 aromatic heterocycles. The molecule has 7 heteroatoms. The van der Waals surface area contributed by atoms with Gasteiger partial charge in [-0.1, -0.05) is 30.3 Å². The van der Waals surface area contributed by atoms with Crippen molar-refractivity contribution in [2.45, 2.75) is 25.0 Å². The number of halogens is 1. The van der Waals surface area contributed by atoms with Gasteiger partial charge in [-0.25, -0.2) is 9.97 Å². The van der Waals surface area contributed by atoms with Gasteiger partial charge in [0.1, 0.15) is 11.0 Å². The third kappa shape index (κ3) is 3.61. The van der Waals surface area contributed by atoms with E-state index in [-0.39, 0.29) is 0 Å². The van der Waals surface area contributed by atoms with Crippen LogP contribution < -0.4 is 5.32 Å². The van der Waals surface area contributed by atoms with Crippen LogP contribution in [0.4, 0.5) is 5.82 Å². The molecular formula is C12H16ClN5S. The fourth-order valence-corrected chi connectivity index (χ4v) is 2.41. The first-order valence-electron chi connectivity index (χ1n) is 5.96. The second-order valence-corrected chi connectivity index (χ2v) is 5.21. The van der Waals surface area contributed by atoms with E-state index in [4.69, 9.17) is 11.6 Å². The molecule has 2 rings (SSSR count). The molecular weight excluding hydrogens is 282 g/mol. The Hall–Kier alpha value is -1.27. The van der Waals surface area contributed by atoms with Crippen LogP contribution in [-0.4, -0.2) is 26.0 Å². The number of anilines is 1. The Balaban J connectivity index is 2.11. The molecule has 0 bridgehead atoms. The fourth-order valence-electron chi connectivity index (χ4n) is 1.79. The van der Waals surface area contributed by atoms with Gasteiger partial charge >= 0.3 is 0 Å². The molecule has 2 aromatic rings. The number of nitrogens with one attached hydrogen (secondary N) is 1. The third-order valence-corrected chi connectivity index (χ3v) is 3.38. The van der Waals surface area contributed by atoms with Crippen LogP contribution in [0.1, 0.15) is 18.2 Å². The SMILES string of the molecule is CCc1nn(C)cc1CNc1cc(Cl)nc(SC)n1. The normalized spacial score (nSPS) is 10.7. The Morgan fingerprint density at radius 2 is 2.21 bits per heavy atom. The van der Waals surface area contributed by atoms with E-state index in [0.717, 1.165) is 17.9 Å². The van der Waals surface area contributed by atoms with Gasteiger partial charge in [-0.05, 0) is 12.7 Å². The Labute approximate surface area is 121 Å². The van der Waals surface area contributed by atoms with Crippen molar-refractivity contribution < 1.29 is 0 Å². The van der Waals surface area contributed by atoms with Crippen molar-refractivity contribution in [3.8, 4) is 0 Å². The zero-order chi connectivity index (χ0) is 13.8. The molecule has 5 nitrogen and oxygen atoms in total. The van der Waals surface area contributed by atoms with Gasteiger partial charge in [-0.2, -0.15) is 5.10 Å². The highest BCUT2D eigenvalue weighted by atomic mass is 35.5. The maximum Gasteiger partial charge on any atom is 0.190 e. The molecule has 0 atom stereocenters. The van der Waals surface area contributed by atoms with Crippen molar-refractivity contribution in [1.29, 1.82) is 0 Å². The van der Waals surface area contributed by atoms with Crippen molar-refractivity contribution in [1.82, 2.24) is 19.7 Å². The Morgan fingerprint density at radius 3 is 2.89 bits per heavy atom. The van der Waals surface area contributed by atoms with Crippen LogP contribution in [-0.2, 0) is 20.0 Å². The van der Waals surface area contributed by atoms with Crippen LogP contribution in [0.3, 0.4) is 0 Å². The van der Waals surface area contributed by atoms with Crippen LogP contribution in [0.5, 0.6) is 0 Å². The number of aromatic nitrogens is 4. The lowest BCUT2D eigenvalue weighted by Gasteiger charge is -2.06. The average molecular weight is 298 g/mol. The zero-order valence-corrected chi connectivity index (χ0v) is 12.7. The van der Waals surface area contributed by atoms with Gasteiger partial charge in [0.15, 0.2) is 5.16 Å². The molecule has 102 valence electrons. The number of aryl methyl sites for hydroxylation is 2. The van der Waals surface area contributed by atoms with Crippen LogP contribution in [0.2, 0.25) is 5.15 Å². The molecule has 1 N–H and O–H groups in total. The lowest BCUT2D eigenvalue weighted by Crippen LogP contribution is -2.04. The average Bonchev–Trinajstić information content (AvgIpc) is 2.76. The number of rotatable bonds is 5. The van der Waals surface area contributed by atoms with E-state index in [1.165, 1.54) is 17.3 Å². The molecule has 0 spiro atoms. The summed E-state index contributed by atoms with van der Waals surface area (Å²) in [4.78, 5) is 8.46. The first-order valence-corrected chi connectivity index (χ1v) is 7.56. The lowest BCUT2D eigenvalue weighted by atomic mass is 10.2. The second-order valence-electron chi connectivity index (χ2n) is 4.04. The third-order valence-electron chi connectivity index (χ3n) is 2.64. The van der Waals surface area contributed by atoms with Gasteiger partial charge in [0, 0.05) is 31.4 Å². The van der Waals surface area contributed by atoms with E-state index < -0.39 is 0 Å². The highest BCUT2D eigenvalue weighted by Crippen LogP contribution is 2.18. The lowest BCUT2D eigenvalue weighted by molar-refractivity contribution is 0.746. The number of nitrogens with zero attached hydrogens (tertiary/aromatic N) is 4. The van der Waals surface area contributed by atoms with Crippen molar-refractivity contribution >= 4 is 29.2 Å². The van der Waals surface area contributed by atoms with Gasteiger partial charge in [0.2, 0.25) is 0 Å². The number of hydrogen-bond acceptors (Lipinski definition) is 5. The van der Waals surface area contributed by atoms with E-state index in [9.17, 15) is 0 Å². The molecule has 0 saturated heterocycles. The molecule has 0 amide bonds. The van der Waals surface area contributed by atoms with Crippen molar-refractivity contribution in [2.24, 2.45) is 7.05 Å². The van der Waals surface area contributed by atoms with Crippen LogP contribution in [0, 0.1) is 0 Å². The van der Waals surface area contributed by atoms with E-state index >= 15 is 0 Å². The minimum atomic E-state index is 0.448. The van der Waals surface area contributed by atoms with Crippen LogP contribution >= 0.6 is 23.4 Å². The highest BCUT2D eigenvalue weighted by Gasteiger charge is 2.07. The summed E-state index contributed by atoms with van der Waals surface area (Å²) >= 11 is 7.42. The predicted molar refractivity (Wildman–Crippen MR) is 78.7 cm³/mol. The summed E-state index contributed by atoms with van der Waals surface area (Å²) in [5, 5.41) is 8.78. The molecule has 0 saturated carbocycles. The molecule has 0 aliphatic rings. The Kier molecular flexibility index (Phi) is 4.66. The topological polar surface area (TPSA) is 55.6 Å². The van der Waals surface area contributed by atoms with E-state index in [1.807, 2.05) is 24.2 Å². The molecule has 0 radical (unpaired) electrons. The fraction of sp³-hybridized carbons (Fsp3) is 0.417. The van der Waals surface area contributed by atoms with E-state index in [0.29, 0.717) is 16.9 Å². The summed E-state index contributed by atoms with van der Waals surface area (Å²) in [5.74, 6) is 0.732. The smallest absolute Gasteiger partial charge is 0.190 e. The molecule has 0 aliphatic carbocycles. The predicted octanol–water partition coefficient (Wildman–Crippen LogP) is 2.76. The van der Waals surface area contributed by atoms with Crippen LogP contribution in [0.15, 0.2) is 17.4 Å². The van der Waals surface area contributed by atoms with Gasteiger partial charge in [-0.3, -0.25) is 4.68 Å². The highest BCUT2D eigenvalue weighted by molar-refractivity contribution is 7.98. The van der Waals surface area contributed by atoms with E-state index in [2.05, 4.69) is 27.3 Å². The first kappa shape index (κ1) is 14.1. The molecule has 19 heavy (non-hydrogen) atoms. The number of thioether (sulfide) groups is 1. The molecule has 2 heterocycles. The second kappa shape index (κ2) is 6.25. The Bertz CT molecular complexity index is 569. The van der Waals surface area contributed by atoms with Gasteiger partial charge in [-0.15, -0.1) is 0 Å². The van der Waals surface area contributed by atoms with Gasteiger partial charge < -0.3 is 5.32 Å². The standard InChI is InChI=1S/C12H16ClN5S/c1-4-9-8(7-18(2)17-9)6-14-11-5-10(13)15-12(16-11)19-3/h5,7H,4,6H2,1-3H3,(H,14,15,16). The summed E-state index contributed by atoms with van der Waals surface area (Å²) in [7, 11) is 1.93. The van der Waals surface area contributed by atoms with Gasteiger partial charge in [0.05, 0.1) is 5.69 Å². The van der Waals surface area contributed by atoms with Crippen molar-refractivity contribution in [3.63, 3.8) is 0 Å². The first-order chi connectivity index (χ1) is 9.12. The summed E-state index contributed by atoms with van der Waals surface area (Å²) in [6.07, 6.45) is 4.86. The monoisotopic (exact) mass is 297 g/mol. The maximum atomic E-state index is 5.95. The Morgan fingerprint density at radius 1 is 1.42 bits per heavy atom. The van der Waals surface area contributed by atoms with Crippen molar-refractivity contribution in [3.05, 3.63) is 28.7 Å². The van der Waals surface area contributed by atoms with E-state index in [1.54, 1.807) is 6.07 Å². The quantitative estimate of drug-likeness (QED) is 0.522. The molecule has 0 unspecified atom stereocenters. The van der Waals surface area contributed by atoms with Gasteiger partial charge in [0.25, 0.3) is 0 Å². The number of hydrogen-bond donors (Lipinski definition) is 1. The van der Waals surface area contributed by atoms with Crippen LogP contribution in [0.25, 0.3) is 0 Å². The zero-order valence-electron chi connectivity index (χ0n) is 11.1. The minimum Gasteiger partial charge on any atom is -0.366 e. The van der Waals surface area contributed by atoms with Crippen molar-refractivity contribution in [2.75, 3.05) is 11.6 Å². The largest absolute Gasteiger partial charge is 0.366 e. The molecule has 0 fully saturated rings. The minimum absolute atomic E-state index is 0.448. The summed E-state index contributed by atoms with van der Waals surface area (Å²) in [6, 6.07) is 1.73. The summed E-state index contributed by atoms with van der Waals surface area (Å²) in [5.41, 5.74) is 2.27. The maximum absolute atomic E-state index is 5.95. The summed E-state index contributed by atoms with van der Waals surface area (Å²) < 4.78 is 1.83. The molecule has 0 aliphatic heterocycles. The molecule has 0 aromatic carbocycles.